The van der Waals surface area contributed by atoms with E-state index < -0.39 is 12.5 Å². The summed E-state index contributed by atoms with van der Waals surface area (Å²) >= 11 is 0. The normalized spacial score (nSPS) is 20.6. The number of carboxylic acids is 1. The van der Waals surface area contributed by atoms with Crippen LogP contribution in [0.25, 0.3) is 0 Å². The van der Waals surface area contributed by atoms with E-state index in [0.717, 1.165) is 30.7 Å². The highest BCUT2D eigenvalue weighted by molar-refractivity contribution is 6.19. The number of urea groups is 1. The van der Waals surface area contributed by atoms with Gasteiger partial charge in [-0.05, 0) is 24.8 Å². The first-order chi connectivity index (χ1) is 14.1. The number of hydrogen-bond donors (Lipinski definition) is 2. The number of H-pyrrole nitrogens is 1. The van der Waals surface area contributed by atoms with E-state index in [1.165, 1.54) is 17.7 Å². The maximum absolute atomic E-state index is 13.1. The Balaban J connectivity index is 0.00000218. The smallest absolute Gasteiger partial charge is 0.332 e. The number of anilines is 1. The van der Waals surface area contributed by atoms with Crippen LogP contribution in [0.2, 0.25) is 0 Å². The SMILES string of the molecule is Cl.O=C(O)CN1C(=O)N2C[C@@H](Cc3ccccc3)N=C2c2[nH]c(C3CCCC3)nc21. The Bertz CT molecular complexity index is 984. The lowest BCUT2D eigenvalue weighted by molar-refractivity contribution is -0.135. The Hall–Kier alpha value is -2.87. The molecule has 1 aliphatic carbocycles. The van der Waals surface area contributed by atoms with Crippen molar-refractivity contribution in [3.63, 3.8) is 0 Å². The molecule has 158 valence electrons. The van der Waals surface area contributed by atoms with Gasteiger partial charge in [-0.15, -0.1) is 12.4 Å². The number of amides is 2. The van der Waals surface area contributed by atoms with Crippen LogP contribution in [0.5, 0.6) is 0 Å². The number of halogens is 1. The molecular formula is C21H24ClN5O3. The van der Waals surface area contributed by atoms with Crippen LogP contribution >= 0.6 is 12.4 Å². The average molecular weight is 430 g/mol. The van der Waals surface area contributed by atoms with Crippen molar-refractivity contribution in [2.75, 3.05) is 18.0 Å². The second-order valence-electron chi connectivity index (χ2n) is 7.97. The van der Waals surface area contributed by atoms with E-state index in [-0.39, 0.29) is 24.5 Å². The number of carbonyl (C=O) groups excluding carboxylic acids is 1. The van der Waals surface area contributed by atoms with Gasteiger partial charge in [0.05, 0.1) is 12.6 Å². The van der Waals surface area contributed by atoms with Crippen molar-refractivity contribution in [3.05, 3.63) is 47.4 Å². The summed E-state index contributed by atoms with van der Waals surface area (Å²) in [6.07, 6.45) is 5.18. The topological polar surface area (TPSA) is 102 Å². The molecule has 0 spiro atoms. The second kappa shape index (κ2) is 8.10. The summed E-state index contributed by atoms with van der Waals surface area (Å²) in [5.74, 6) is 1.10. The Kier molecular flexibility index (Phi) is 5.51. The molecule has 2 N–H and O–H groups in total. The number of amidine groups is 1. The lowest BCUT2D eigenvalue weighted by Gasteiger charge is -2.31. The number of aliphatic carboxylic acids is 1. The van der Waals surface area contributed by atoms with Crippen LogP contribution in [-0.2, 0) is 11.2 Å². The van der Waals surface area contributed by atoms with Gasteiger partial charge < -0.3 is 10.1 Å². The third kappa shape index (κ3) is 3.56. The van der Waals surface area contributed by atoms with E-state index in [9.17, 15) is 14.7 Å². The molecular weight excluding hydrogens is 406 g/mol. The predicted molar refractivity (Wildman–Crippen MR) is 115 cm³/mol. The molecule has 30 heavy (non-hydrogen) atoms. The van der Waals surface area contributed by atoms with E-state index in [1.54, 1.807) is 4.90 Å². The monoisotopic (exact) mass is 429 g/mol. The molecule has 1 aromatic heterocycles. The number of rotatable bonds is 5. The summed E-state index contributed by atoms with van der Waals surface area (Å²) < 4.78 is 0. The number of carbonyl (C=O) groups is 2. The first kappa shape index (κ1) is 20.4. The summed E-state index contributed by atoms with van der Waals surface area (Å²) in [4.78, 5) is 40.2. The molecule has 2 aromatic rings. The van der Waals surface area contributed by atoms with E-state index in [2.05, 4.69) is 22.1 Å². The molecule has 8 nitrogen and oxygen atoms in total. The summed E-state index contributed by atoms with van der Waals surface area (Å²) in [5.41, 5.74) is 1.83. The molecule has 1 fully saturated rings. The van der Waals surface area contributed by atoms with Crippen molar-refractivity contribution in [1.82, 2.24) is 14.9 Å². The van der Waals surface area contributed by atoms with Gasteiger partial charge in [0.25, 0.3) is 0 Å². The fraction of sp³-hybridized carbons (Fsp3) is 0.429. The van der Waals surface area contributed by atoms with Gasteiger partial charge in [-0.25, -0.2) is 9.78 Å². The molecule has 0 bridgehead atoms. The summed E-state index contributed by atoms with van der Waals surface area (Å²) in [7, 11) is 0. The third-order valence-electron chi connectivity index (χ3n) is 5.95. The molecule has 5 rings (SSSR count). The molecule has 3 aliphatic rings. The Morgan fingerprint density at radius 1 is 1.20 bits per heavy atom. The van der Waals surface area contributed by atoms with Crippen LogP contribution in [0.3, 0.4) is 0 Å². The lowest BCUT2D eigenvalue weighted by Crippen LogP contribution is -2.52. The van der Waals surface area contributed by atoms with Crippen LogP contribution in [0.15, 0.2) is 35.3 Å². The molecule has 3 heterocycles. The molecule has 2 amide bonds. The number of aromatic nitrogens is 2. The molecule has 1 atom stereocenters. The van der Waals surface area contributed by atoms with Gasteiger partial charge in [0.15, 0.2) is 11.7 Å². The molecule has 0 unspecified atom stereocenters. The number of nitrogens with one attached hydrogen (secondary N) is 1. The number of carboxylic acid groups (broad SMARTS) is 1. The number of hydrogen-bond acceptors (Lipinski definition) is 4. The Morgan fingerprint density at radius 2 is 1.93 bits per heavy atom. The minimum Gasteiger partial charge on any atom is -0.480 e. The first-order valence-electron chi connectivity index (χ1n) is 10.1. The zero-order valence-electron chi connectivity index (χ0n) is 16.5. The van der Waals surface area contributed by atoms with Crippen molar-refractivity contribution in [2.45, 2.75) is 44.1 Å². The Morgan fingerprint density at radius 3 is 2.63 bits per heavy atom. The molecule has 2 aliphatic heterocycles. The summed E-state index contributed by atoms with van der Waals surface area (Å²) in [5, 5.41) is 9.33. The molecule has 1 aromatic carbocycles. The van der Waals surface area contributed by atoms with Gasteiger partial charge in [0.2, 0.25) is 0 Å². The number of nitrogens with zero attached hydrogens (tertiary/aromatic N) is 4. The van der Waals surface area contributed by atoms with E-state index in [1.807, 2.05) is 18.2 Å². The maximum atomic E-state index is 13.1. The van der Waals surface area contributed by atoms with Crippen molar-refractivity contribution < 1.29 is 14.7 Å². The number of aliphatic imine (C=N–C) groups is 1. The van der Waals surface area contributed by atoms with Gasteiger partial charge in [0, 0.05) is 5.92 Å². The maximum Gasteiger partial charge on any atom is 0.332 e. The van der Waals surface area contributed by atoms with Crippen molar-refractivity contribution >= 4 is 36.1 Å². The van der Waals surface area contributed by atoms with Crippen LogP contribution < -0.4 is 4.90 Å². The van der Waals surface area contributed by atoms with Gasteiger partial charge in [-0.2, -0.15) is 0 Å². The number of imidazole rings is 1. The average Bonchev–Trinajstić information content (AvgIpc) is 3.44. The van der Waals surface area contributed by atoms with Gasteiger partial charge in [-0.1, -0.05) is 43.2 Å². The molecule has 0 radical (unpaired) electrons. The van der Waals surface area contributed by atoms with Gasteiger partial charge >= 0.3 is 12.0 Å². The summed E-state index contributed by atoms with van der Waals surface area (Å²) in [6, 6.07) is 9.63. The van der Waals surface area contributed by atoms with Gasteiger partial charge in [0.1, 0.15) is 18.1 Å². The second-order valence-corrected chi connectivity index (χ2v) is 7.97. The highest BCUT2D eigenvalue weighted by Gasteiger charge is 2.43. The molecule has 9 heteroatoms. The van der Waals surface area contributed by atoms with Crippen LogP contribution in [0.4, 0.5) is 10.6 Å². The first-order valence-corrected chi connectivity index (χ1v) is 10.1. The number of aromatic amines is 1. The zero-order valence-corrected chi connectivity index (χ0v) is 17.3. The largest absolute Gasteiger partial charge is 0.480 e. The molecule has 0 saturated heterocycles. The fourth-order valence-corrected chi connectivity index (χ4v) is 4.59. The number of benzene rings is 1. The van der Waals surface area contributed by atoms with Crippen molar-refractivity contribution in [3.8, 4) is 0 Å². The number of fused-ring (bicyclic) bond motifs is 3. The highest BCUT2D eigenvalue weighted by Crippen LogP contribution is 2.37. The van der Waals surface area contributed by atoms with Crippen LogP contribution in [-0.4, -0.2) is 56.9 Å². The van der Waals surface area contributed by atoms with Gasteiger partial charge in [-0.3, -0.25) is 19.6 Å². The quantitative estimate of drug-likeness (QED) is 0.761. The van der Waals surface area contributed by atoms with Crippen LogP contribution in [0, 0.1) is 0 Å². The van der Waals surface area contributed by atoms with E-state index in [0.29, 0.717) is 29.8 Å². The highest BCUT2D eigenvalue weighted by atomic mass is 35.5. The Labute approximate surface area is 180 Å². The zero-order chi connectivity index (χ0) is 20.0. The lowest BCUT2D eigenvalue weighted by atomic mass is 10.1. The van der Waals surface area contributed by atoms with Crippen molar-refractivity contribution in [2.24, 2.45) is 4.99 Å². The van der Waals surface area contributed by atoms with E-state index >= 15 is 0 Å². The van der Waals surface area contributed by atoms with Crippen LogP contribution in [0.1, 0.15) is 48.7 Å². The minimum atomic E-state index is -1.06. The minimum absolute atomic E-state index is 0. The summed E-state index contributed by atoms with van der Waals surface area (Å²) in [6.45, 7) is 0.0321. The standard InChI is InChI=1S/C21H23N5O3.ClH/c27-16(28)12-26-20-17(23-18(24-20)14-8-4-5-9-14)19-22-15(11-25(19)21(26)29)10-13-6-2-1-3-7-13;/h1-3,6-7,14-15H,4-5,8-12H2,(H,23,24)(H,27,28);1H/t15-;/m1./s1. The van der Waals surface area contributed by atoms with E-state index in [4.69, 9.17) is 4.99 Å². The predicted octanol–water partition coefficient (Wildman–Crippen LogP) is 3.19. The van der Waals surface area contributed by atoms with Crippen molar-refractivity contribution in [1.29, 1.82) is 0 Å². The fourth-order valence-electron chi connectivity index (χ4n) is 4.59. The third-order valence-corrected chi connectivity index (χ3v) is 5.95. The molecule has 1 saturated carbocycles.